The van der Waals surface area contributed by atoms with Crippen molar-refractivity contribution in [3.8, 4) is 11.4 Å². The van der Waals surface area contributed by atoms with Gasteiger partial charge in [0.2, 0.25) is 0 Å². The van der Waals surface area contributed by atoms with E-state index in [1.165, 1.54) is 35.3 Å². The minimum absolute atomic E-state index is 0.00997. The molecule has 3 aromatic heterocycles. The van der Waals surface area contributed by atoms with Gasteiger partial charge >= 0.3 is 0 Å². The molecule has 0 N–H and O–H groups in total. The van der Waals surface area contributed by atoms with Gasteiger partial charge in [0, 0.05) is 36.8 Å². The number of aromatic nitrogens is 5. The lowest BCUT2D eigenvalue weighted by atomic mass is 10.1. The van der Waals surface area contributed by atoms with E-state index in [0.29, 0.717) is 35.8 Å². The average Bonchev–Trinajstić information content (AvgIpc) is 3.25. The fraction of sp³-hybridized carbons (Fsp3) is 0.400. The number of sulfonamides is 1. The first kappa shape index (κ1) is 24.3. The summed E-state index contributed by atoms with van der Waals surface area (Å²) in [6, 6.07) is 7.77. The second-order valence-electron chi connectivity index (χ2n) is 9.96. The summed E-state index contributed by atoms with van der Waals surface area (Å²) in [5.74, 6) is 1.02. The van der Waals surface area contributed by atoms with Crippen LogP contribution in [-0.2, 0) is 26.6 Å². The molecule has 6 rings (SSSR count). The molecule has 0 unspecified atom stereocenters. The minimum Gasteiger partial charge on any atom is -0.252 e. The molecule has 4 heterocycles. The van der Waals surface area contributed by atoms with Gasteiger partial charge in [-0.2, -0.15) is 9.40 Å². The molecule has 0 atom stereocenters. The zero-order valence-corrected chi connectivity index (χ0v) is 22.3. The Labute approximate surface area is 216 Å². The average molecular weight is 541 g/mol. The fourth-order valence-corrected chi connectivity index (χ4v) is 8.34. The zero-order chi connectivity index (χ0) is 25.9. The van der Waals surface area contributed by atoms with E-state index < -0.39 is 20.0 Å². The monoisotopic (exact) mass is 540 g/mol. The highest BCUT2D eigenvalue weighted by atomic mass is 32.2. The first-order valence-electron chi connectivity index (χ1n) is 12.4. The van der Waals surface area contributed by atoms with Crippen LogP contribution in [0.25, 0.3) is 22.4 Å². The maximum atomic E-state index is 14.0. The third kappa shape index (κ3) is 4.16. The molecule has 2 fully saturated rings. The number of rotatable bonds is 7. The van der Waals surface area contributed by atoms with Gasteiger partial charge in [-0.15, -0.1) is 0 Å². The van der Waals surface area contributed by atoms with Crippen molar-refractivity contribution in [3.05, 3.63) is 54.0 Å². The quantitative estimate of drug-likeness (QED) is 0.353. The predicted molar refractivity (Wildman–Crippen MR) is 138 cm³/mol. The van der Waals surface area contributed by atoms with Gasteiger partial charge in [-0.1, -0.05) is 17.7 Å². The molecule has 0 amide bonds. The summed E-state index contributed by atoms with van der Waals surface area (Å²) < 4.78 is 59.6. The molecule has 2 aliphatic rings. The lowest BCUT2D eigenvalue weighted by molar-refractivity contribution is 0.473. The number of nitrogens with zero attached hydrogens (tertiary/aromatic N) is 6. The molecular weight excluding hydrogens is 512 g/mol. The number of aryl methyl sites for hydroxylation is 2. The lowest BCUT2D eigenvalue weighted by Gasteiger charge is -2.17. The Balaban J connectivity index is 1.61. The van der Waals surface area contributed by atoms with E-state index in [9.17, 15) is 16.8 Å². The molecule has 12 heteroatoms. The zero-order valence-electron chi connectivity index (χ0n) is 20.7. The SMILES string of the molecule is Cc1ccc(S(=O)(=O)n2c(S(=O)(=O)N3CCCC3)cc3c(-c4ncn(CC5CC5)n4)c(C)cnc32)cc1. The fourth-order valence-electron chi connectivity index (χ4n) is 4.85. The predicted octanol–water partition coefficient (Wildman–Crippen LogP) is 3.34. The van der Waals surface area contributed by atoms with Crippen molar-refractivity contribution in [3.63, 3.8) is 0 Å². The molecule has 4 aromatic rings. The van der Waals surface area contributed by atoms with E-state index in [0.717, 1.165) is 34.5 Å². The largest absolute Gasteiger partial charge is 0.270 e. The highest BCUT2D eigenvalue weighted by molar-refractivity contribution is 7.92. The van der Waals surface area contributed by atoms with Crippen molar-refractivity contribution in [1.29, 1.82) is 0 Å². The van der Waals surface area contributed by atoms with Crippen molar-refractivity contribution in [2.45, 2.75) is 56.0 Å². The standard InChI is InChI=1S/C25H28N6O4S2/c1-17-5-9-20(10-6-17)36(32,33)31-22(37(34,35)30-11-3-4-12-30)13-21-23(18(2)14-26-25(21)31)24-27-16-29(28-24)15-19-7-8-19/h5-6,9-10,13-14,16,19H,3-4,7-8,11-12,15H2,1-2H3. The molecule has 194 valence electrons. The van der Waals surface area contributed by atoms with Gasteiger partial charge in [-0.05, 0) is 69.2 Å². The first-order chi connectivity index (χ1) is 17.7. The van der Waals surface area contributed by atoms with Gasteiger partial charge in [0.25, 0.3) is 20.0 Å². The second kappa shape index (κ2) is 8.74. The van der Waals surface area contributed by atoms with Crippen molar-refractivity contribution in [1.82, 2.24) is 28.0 Å². The maximum Gasteiger partial charge on any atom is 0.270 e. The van der Waals surface area contributed by atoms with Crippen molar-refractivity contribution < 1.29 is 16.8 Å². The molecule has 0 bridgehead atoms. The van der Waals surface area contributed by atoms with Gasteiger partial charge < -0.3 is 0 Å². The maximum absolute atomic E-state index is 14.0. The Kier molecular flexibility index (Phi) is 5.73. The third-order valence-electron chi connectivity index (χ3n) is 7.08. The summed E-state index contributed by atoms with van der Waals surface area (Å²) in [7, 11) is -8.41. The van der Waals surface area contributed by atoms with Gasteiger partial charge in [0.1, 0.15) is 6.33 Å². The summed E-state index contributed by atoms with van der Waals surface area (Å²) >= 11 is 0. The normalized spacial score (nSPS) is 17.1. The number of pyridine rings is 1. The number of hydrogen-bond acceptors (Lipinski definition) is 7. The Hall–Kier alpha value is -3.09. The van der Waals surface area contributed by atoms with Crippen LogP contribution in [0.5, 0.6) is 0 Å². The molecule has 1 saturated heterocycles. The highest BCUT2D eigenvalue weighted by Gasteiger charge is 2.36. The number of hydrogen-bond donors (Lipinski definition) is 0. The molecule has 1 aliphatic carbocycles. The van der Waals surface area contributed by atoms with Gasteiger partial charge in [0.05, 0.1) is 4.90 Å². The van der Waals surface area contributed by atoms with Crippen LogP contribution in [0.15, 0.2) is 52.8 Å². The molecular formula is C25H28N6O4S2. The first-order valence-corrected chi connectivity index (χ1v) is 15.3. The molecule has 1 aromatic carbocycles. The molecule has 0 radical (unpaired) electrons. The molecule has 10 nitrogen and oxygen atoms in total. The van der Waals surface area contributed by atoms with Crippen molar-refractivity contribution >= 4 is 31.1 Å². The smallest absolute Gasteiger partial charge is 0.252 e. The van der Waals surface area contributed by atoms with E-state index in [-0.39, 0.29) is 15.6 Å². The molecule has 37 heavy (non-hydrogen) atoms. The summed E-state index contributed by atoms with van der Waals surface area (Å²) in [6.45, 7) is 5.17. The molecule has 1 saturated carbocycles. The number of fused-ring (bicyclic) bond motifs is 1. The summed E-state index contributed by atoms with van der Waals surface area (Å²) in [6.07, 6.45) is 7.02. The van der Waals surface area contributed by atoms with Gasteiger partial charge in [-0.25, -0.2) is 30.8 Å². The van der Waals surface area contributed by atoms with E-state index in [1.807, 2.05) is 13.8 Å². The van der Waals surface area contributed by atoms with Crippen LogP contribution >= 0.6 is 0 Å². The third-order valence-corrected chi connectivity index (χ3v) is 10.8. The summed E-state index contributed by atoms with van der Waals surface area (Å²) in [5.41, 5.74) is 2.24. The van der Waals surface area contributed by atoms with Crippen LogP contribution in [0.3, 0.4) is 0 Å². The lowest BCUT2D eigenvalue weighted by Crippen LogP contribution is -2.31. The number of benzene rings is 1. The topological polar surface area (TPSA) is 120 Å². The molecule has 0 spiro atoms. The van der Waals surface area contributed by atoms with Gasteiger partial charge in [-0.3, -0.25) is 4.68 Å². The Morgan fingerprint density at radius 3 is 2.32 bits per heavy atom. The van der Waals surface area contributed by atoms with E-state index in [4.69, 9.17) is 0 Å². The van der Waals surface area contributed by atoms with Crippen LogP contribution in [-0.4, -0.2) is 58.0 Å². The van der Waals surface area contributed by atoms with Gasteiger partial charge in [0.15, 0.2) is 16.5 Å². The second-order valence-corrected chi connectivity index (χ2v) is 13.6. The van der Waals surface area contributed by atoms with E-state index in [1.54, 1.807) is 29.3 Å². The Bertz CT molecular complexity index is 1710. The summed E-state index contributed by atoms with van der Waals surface area (Å²) in [4.78, 5) is 8.92. The van der Waals surface area contributed by atoms with Crippen molar-refractivity contribution in [2.24, 2.45) is 5.92 Å². The highest BCUT2D eigenvalue weighted by Crippen LogP contribution is 2.36. The minimum atomic E-state index is -4.29. The van der Waals surface area contributed by atoms with Crippen LogP contribution in [0.2, 0.25) is 0 Å². The van der Waals surface area contributed by atoms with E-state index >= 15 is 0 Å². The Morgan fingerprint density at radius 1 is 0.946 bits per heavy atom. The van der Waals surface area contributed by atoms with Crippen LogP contribution < -0.4 is 0 Å². The molecule has 1 aliphatic heterocycles. The Morgan fingerprint density at radius 2 is 1.65 bits per heavy atom. The van der Waals surface area contributed by atoms with Crippen LogP contribution in [0.1, 0.15) is 36.8 Å². The van der Waals surface area contributed by atoms with Crippen molar-refractivity contribution in [2.75, 3.05) is 13.1 Å². The van der Waals surface area contributed by atoms with Crippen LogP contribution in [0, 0.1) is 19.8 Å². The van der Waals surface area contributed by atoms with E-state index in [2.05, 4.69) is 15.1 Å². The van der Waals surface area contributed by atoms with Crippen LogP contribution in [0.4, 0.5) is 0 Å². The summed E-state index contributed by atoms with van der Waals surface area (Å²) in [5, 5.41) is 4.71.